The van der Waals surface area contributed by atoms with Crippen molar-refractivity contribution in [2.24, 2.45) is 10.4 Å². The van der Waals surface area contributed by atoms with E-state index in [2.05, 4.69) is 87.2 Å². The first-order chi connectivity index (χ1) is 15.1. The molecule has 33 heavy (non-hydrogen) atoms. The average Bonchev–Trinajstić information content (AvgIpc) is 2.75. The van der Waals surface area contributed by atoms with Crippen LogP contribution in [0.1, 0.15) is 77.1 Å². The normalized spacial score (nSPS) is 11.7. The van der Waals surface area contributed by atoms with Crippen LogP contribution in [-0.2, 0) is 16.0 Å². The number of ether oxygens (including phenoxy) is 2. The maximum absolute atomic E-state index is 5.12. The van der Waals surface area contributed by atoms with Crippen LogP contribution < -0.4 is 23.8 Å². The van der Waals surface area contributed by atoms with Gasteiger partial charge < -0.3 is 19.8 Å². The summed E-state index contributed by atoms with van der Waals surface area (Å²) in [7, 11) is 3.30. The molecule has 0 saturated heterocycles. The van der Waals surface area contributed by atoms with Crippen molar-refractivity contribution >= 4 is 11.5 Å². The average molecular weight is 449 g/mol. The first kappa shape index (κ1) is 31.4. The van der Waals surface area contributed by atoms with Crippen molar-refractivity contribution in [3.63, 3.8) is 0 Å². The van der Waals surface area contributed by atoms with Gasteiger partial charge in [-0.1, -0.05) is 78.6 Å². The number of amidine groups is 1. The van der Waals surface area contributed by atoms with Crippen LogP contribution in [0.5, 0.6) is 0 Å². The minimum Gasteiger partial charge on any atom is -0.459 e. The number of methoxy groups -OCH3 is 2. The van der Waals surface area contributed by atoms with E-state index in [1.54, 1.807) is 14.2 Å². The van der Waals surface area contributed by atoms with Crippen LogP contribution in [0.4, 0.5) is 5.69 Å². The summed E-state index contributed by atoms with van der Waals surface area (Å²) < 4.78 is 9.31. The van der Waals surface area contributed by atoms with E-state index in [4.69, 9.17) is 10.3 Å². The van der Waals surface area contributed by atoms with Gasteiger partial charge in [-0.3, -0.25) is 0 Å². The van der Waals surface area contributed by atoms with Gasteiger partial charge >= 0.3 is 18.9 Å². The van der Waals surface area contributed by atoms with Crippen molar-refractivity contribution in [2.75, 3.05) is 27.4 Å². The number of aromatic nitrogens is 1. The second-order valence-electron chi connectivity index (χ2n) is 9.47. The third-order valence-electron chi connectivity index (χ3n) is 4.90. The molecule has 0 aliphatic rings. The molecule has 0 atom stereocenters. The summed E-state index contributed by atoms with van der Waals surface area (Å²) in [6, 6.07) is 12.6. The number of pyridine rings is 1. The van der Waals surface area contributed by atoms with E-state index in [1.165, 1.54) is 11.1 Å². The SMILES string of the molecule is CC(C)c1cccc(C(C)C)c1N=C([N-]Cc1cccc[nH+]1)C(C)(C)C.COCCOC.[Li+]. The van der Waals surface area contributed by atoms with Crippen LogP contribution in [-0.4, -0.2) is 33.3 Å². The Morgan fingerprint density at radius 1 is 0.909 bits per heavy atom. The minimum atomic E-state index is -0.118. The molecule has 0 amide bonds. The van der Waals surface area contributed by atoms with E-state index in [-0.39, 0.29) is 24.3 Å². The van der Waals surface area contributed by atoms with E-state index >= 15 is 0 Å². The minimum absolute atomic E-state index is 0. The third kappa shape index (κ3) is 11.4. The number of hydrogen-bond acceptors (Lipinski definition) is 3. The Balaban J connectivity index is 0.00000129. The predicted octanol–water partition coefficient (Wildman–Crippen LogP) is 3.68. The Labute approximate surface area is 214 Å². The Morgan fingerprint density at radius 3 is 1.85 bits per heavy atom. The summed E-state index contributed by atoms with van der Waals surface area (Å²) in [5.74, 6) is 1.75. The summed E-state index contributed by atoms with van der Waals surface area (Å²) in [4.78, 5) is 8.37. The van der Waals surface area contributed by atoms with Gasteiger partial charge in [-0.05, 0) is 34.1 Å². The van der Waals surface area contributed by atoms with Crippen LogP contribution >= 0.6 is 0 Å². The Kier molecular flexibility index (Phi) is 15.3. The molecule has 178 valence electrons. The van der Waals surface area contributed by atoms with Crippen LogP contribution in [0.2, 0.25) is 0 Å². The topological polar surface area (TPSA) is 59.1 Å². The van der Waals surface area contributed by atoms with Crippen LogP contribution in [0.3, 0.4) is 0 Å². The first-order valence-electron chi connectivity index (χ1n) is 11.4. The molecule has 2 rings (SSSR count). The van der Waals surface area contributed by atoms with Crippen LogP contribution in [0, 0.1) is 5.41 Å². The van der Waals surface area contributed by atoms with Crippen molar-refractivity contribution < 1.29 is 33.3 Å². The zero-order chi connectivity index (χ0) is 24.1. The standard InChI is InChI=1S/C23H32N3.C4H10O2.Li/c1-16(2)19-12-10-13-20(17(3)4)21(19)26-22(23(5,6)7)25-15-18-11-8-9-14-24-18;1-5-3-4-6-2;/h8-14,16-17H,15H2,1-7H3;3-4H2,1-2H3;/q-1;;+1/p+1. The molecule has 5 nitrogen and oxygen atoms in total. The van der Waals surface area contributed by atoms with Gasteiger partial charge in [0.15, 0.2) is 11.9 Å². The fourth-order valence-corrected chi connectivity index (χ4v) is 3.04. The zero-order valence-corrected chi connectivity index (χ0v) is 22.5. The maximum atomic E-state index is 5.12. The molecule has 2 aromatic rings. The van der Waals surface area contributed by atoms with Gasteiger partial charge in [0, 0.05) is 32.9 Å². The van der Waals surface area contributed by atoms with Crippen LogP contribution in [0.25, 0.3) is 5.32 Å². The Morgan fingerprint density at radius 2 is 1.45 bits per heavy atom. The molecular formula is C27H43LiN3O2+. The second kappa shape index (κ2) is 16.1. The van der Waals surface area contributed by atoms with Gasteiger partial charge in [-0.15, -0.1) is 0 Å². The number of aliphatic imine (C=N–C) groups is 1. The number of benzene rings is 1. The Hall–Kier alpha value is -1.64. The zero-order valence-electron chi connectivity index (χ0n) is 22.5. The smallest absolute Gasteiger partial charge is 0.459 e. The predicted molar refractivity (Wildman–Crippen MR) is 135 cm³/mol. The van der Waals surface area contributed by atoms with E-state index in [0.29, 0.717) is 31.6 Å². The summed E-state index contributed by atoms with van der Waals surface area (Å²) in [5, 5.41) is 4.88. The molecule has 1 aromatic carbocycles. The van der Waals surface area contributed by atoms with Crippen molar-refractivity contribution in [3.05, 3.63) is 64.7 Å². The van der Waals surface area contributed by atoms with E-state index in [1.807, 2.05) is 18.3 Å². The summed E-state index contributed by atoms with van der Waals surface area (Å²) >= 11 is 0. The largest absolute Gasteiger partial charge is 1.00 e. The van der Waals surface area contributed by atoms with E-state index in [9.17, 15) is 0 Å². The van der Waals surface area contributed by atoms with Gasteiger partial charge in [0.2, 0.25) is 0 Å². The molecule has 0 aliphatic heterocycles. The van der Waals surface area contributed by atoms with Gasteiger partial charge in [-0.25, -0.2) is 4.98 Å². The third-order valence-corrected chi connectivity index (χ3v) is 4.90. The van der Waals surface area contributed by atoms with Crippen LogP contribution in [0.15, 0.2) is 47.6 Å². The number of rotatable bonds is 8. The number of aromatic amines is 1. The number of H-pyrrole nitrogens is 1. The van der Waals surface area contributed by atoms with Gasteiger partial charge in [0.05, 0.1) is 13.2 Å². The number of para-hydroxylation sites is 1. The molecule has 6 heteroatoms. The maximum Gasteiger partial charge on any atom is 1.00 e. The Bertz CT molecular complexity index is 786. The number of hydrogen-bond donors (Lipinski definition) is 0. The second-order valence-corrected chi connectivity index (χ2v) is 9.47. The molecular weight excluding hydrogens is 405 g/mol. The summed E-state index contributed by atoms with van der Waals surface area (Å²) in [6.07, 6.45) is 1.93. The van der Waals surface area contributed by atoms with Crippen molar-refractivity contribution in [2.45, 2.75) is 66.8 Å². The number of nitrogens with zero attached hydrogens (tertiary/aromatic N) is 2. The quantitative estimate of drug-likeness (QED) is 0.268. The molecule has 0 radical (unpaired) electrons. The molecule has 0 saturated carbocycles. The molecule has 1 aromatic heterocycles. The molecule has 0 bridgehead atoms. The molecule has 1 N–H and O–H groups in total. The van der Waals surface area contributed by atoms with Gasteiger partial charge in [0.1, 0.15) is 0 Å². The monoisotopic (exact) mass is 448 g/mol. The summed E-state index contributed by atoms with van der Waals surface area (Å²) in [5.41, 5.74) is 4.65. The van der Waals surface area contributed by atoms with E-state index in [0.717, 1.165) is 17.2 Å². The van der Waals surface area contributed by atoms with Crippen molar-refractivity contribution in [1.82, 2.24) is 0 Å². The fraction of sp³-hybridized carbons (Fsp3) is 0.556. The molecule has 0 unspecified atom stereocenters. The van der Waals surface area contributed by atoms with Gasteiger partial charge in [-0.2, -0.15) is 0 Å². The van der Waals surface area contributed by atoms with Crippen molar-refractivity contribution in [1.29, 1.82) is 0 Å². The van der Waals surface area contributed by atoms with Crippen molar-refractivity contribution in [3.8, 4) is 0 Å². The van der Waals surface area contributed by atoms with E-state index < -0.39 is 0 Å². The molecule has 0 aliphatic carbocycles. The molecule has 0 fully saturated rings. The fourth-order valence-electron chi connectivity index (χ4n) is 3.04. The first-order valence-corrected chi connectivity index (χ1v) is 11.4. The molecule has 0 spiro atoms. The molecule has 1 heterocycles. The van der Waals surface area contributed by atoms with Gasteiger partial charge in [0.25, 0.3) is 0 Å². The number of nitrogens with one attached hydrogen (secondary N) is 1. The summed E-state index contributed by atoms with van der Waals surface area (Å²) in [6.45, 7) is 17.4.